The smallest absolute Gasteiger partial charge is 0.222 e. The second kappa shape index (κ2) is 7.78. The Morgan fingerprint density at radius 3 is 2.04 bits per heavy atom. The second-order valence-corrected chi connectivity index (χ2v) is 7.44. The van der Waals surface area contributed by atoms with Crippen molar-refractivity contribution in [1.82, 2.24) is 9.80 Å². The maximum atomic E-state index is 11.9. The van der Waals surface area contributed by atoms with Crippen molar-refractivity contribution in [1.29, 1.82) is 0 Å². The maximum Gasteiger partial charge on any atom is 0.222 e. The highest BCUT2D eigenvalue weighted by Crippen LogP contribution is 2.60. The molecule has 0 aromatic heterocycles. The molecule has 3 aliphatic rings. The lowest BCUT2D eigenvalue weighted by Crippen LogP contribution is -2.61. The molecular formula is C19H34N2O2. The van der Waals surface area contributed by atoms with Crippen LogP contribution in [0.2, 0.25) is 0 Å². The molecule has 2 aliphatic carbocycles. The Morgan fingerprint density at radius 2 is 1.57 bits per heavy atom. The zero-order valence-corrected chi connectivity index (χ0v) is 15.4. The van der Waals surface area contributed by atoms with E-state index in [1.807, 2.05) is 18.7 Å². The zero-order chi connectivity index (χ0) is 17.0. The molecule has 2 saturated carbocycles. The quantitative estimate of drug-likeness (QED) is 0.798. The van der Waals surface area contributed by atoms with E-state index in [2.05, 4.69) is 11.8 Å². The first-order chi connectivity index (χ1) is 11.0. The molecule has 0 aromatic rings. The summed E-state index contributed by atoms with van der Waals surface area (Å²) in [7, 11) is 0. The minimum Gasteiger partial charge on any atom is -0.340 e. The Bertz CT molecular complexity index is 413. The monoisotopic (exact) mass is 322 g/mol. The predicted molar refractivity (Wildman–Crippen MR) is 93.3 cm³/mol. The molecule has 1 heterocycles. The summed E-state index contributed by atoms with van der Waals surface area (Å²) in [6.45, 7) is 11.7. The number of piperazine rings is 1. The summed E-state index contributed by atoms with van der Waals surface area (Å²) >= 11 is 0. The van der Waals surface area contributed by atoms with Crippen LogP contribution in [-0.2, 0) is 9.59 Å². The van der Waals surface area contributed by atoms with Gasteiger partial charge in [0.05, 0.1) is 0 Å². The van der Waals surface area contributed by atoms with Crippen molar-refractivity contribution in [3.8, 4) is 0 Å². The Kier molecular flexibility index (Phi) is 6.24. The fraction of sp³-hybridized carbons (Fsp3) is 0.895. The number of Topliss-reactive ketones (excluding diaryl/α,β-unsaturated/α-hetero) is 1. The normalized spacial score (nSPS) is 33.3. The van der Waals surface area contributed by atoms with Crippen LogP contribution in [0.1, 0.15) is 66.2 Å². The third-order valence-corrected chi connectivity index (χ3v) is 5.92. The lowest BCUT2D eigenvalue weighted by atomic mass is 9.49. The largest absolute Gasteiger partial charge is 0.340 e. The van der Waals surface area contributed by atoms with Crippen molar-refractivity contribution < 1.29 is 9.59 Å². The van der Waals surface area contributed by atoms with Crippen LogP contribution in [0.5, 0.6) is 0 Å². The van der Waals surface area contributed by atoms with Gasteiger partial charge in [-0.05, 0) is 44.4 Å². The van der Waals surface area contributed by atoms with Crippen molar-refractivity contribution in [2.45, 2.75) is 72.3 Å². The van der Waals surface area contributed by atoms with Gasteiger partial charge in [0.15, 0.2) is 0 Å². The van der Waals surface area contributed by atoms with Gasteiger partial charge in [-0.1, -0.05) is 20.8 Å². The lowest BCUT2D eigenvalue weighted by molar-refractivity contribution is -0.142. The molecule has 0 aromatic carbocycles. The first kappa shape index (κ1) is 18.4. The van der Waals surface area contributed by atoms with Gasteiger partial charge >= 0.3 is 0 Å². The van der Waals surface area contributed by atoms with Crippen LogP contribution in [0.25, 0.3) is 0 Å². The van der Waals surface area contributed by atoms with Crippen molar-refractivity contribution in [2.75, 3.05) is 26.2 Å². The molecule has 1 aliphatic heterocycles. The summed E-state index contributed by atoms with van der Waals surface area (Å²) in [5.41, 5.74) is 0.510. The number of carbonyl (C=O) groups excluding carboxylic acids is 2. The molecule has 0 radical (unpaired) electrons. The number of carbonyl (C=O) groups is 2. The number of hydrogen-bond acceptors (Lipinski definition) is 3. The average molecular weight is 322 g/mol. The van der Waals surface area contributed by atoms with Crippen LogP contribution in [0.15, 0.2) is 0 Å². The molecule has 23 heavy (non-hydrogen) atoms. The highest BCUT2D eigenvalue weighted by Gasteiger charge is 2.55. The Labute approximate surface area is 141 Å². The van der Waals surface area contributed by atoms with Gasteiger partial charge in [-0.25, -0.2) is 0 Å². The van der Waals surface area contributed by atoms with Gasteiger partial charge in [0.1, 0.15) is 5.78 Å². The van der Waals surface area contributed by atoms with Gasteiger partial charge < -0.3 is 4.90 Å². The van der Waals surface area contributed by atoms with E-state index in [1.165, 1.54) is 12.8 Å². The molecule has 4 heteroatoms. The van der Waals surface area contributed by atoms with E-state index in [0.717, 1.165) is 45.4 Å². The lowest BCUT2D eigenvalue weighted by Gasteiger charge is -2.60. The molecule has 0 unspecified atom stereocenters. The van der Waals surface area contributed by atoms with Gasteiger partial charge in [-0.15, -0.1) is 0 Å². The van der Waals surface area contributed by atoms with Crippen LogP contribution >= 0.6 is 0 Å². The van der Waals surface area contributed by atoms with Crippen molar-refractivity contribution in [3.05, 3.63) is 0 Å². The number of rotatable bonds is 4. The SMILES string of the molecule is CC.CCCC(=O)N1CCN(C2CC3(CC(C(C)=O)C3)C2)CC1. The van der Waals surface area contributed by atoms with Gasteiger partial charge in [0, 0.05) is 44.6 Å². The number of hydrogen-bond donors (Lipinski definition) is 0. The Balaban J connectivity index is 0.000000924. The fourth-order valence-corrected chi connectivity index (χ4v) is 4.51. The Morgan fingerprint density at radius 1 is 1.00 bits per heavy atom. The summed E-state index contributed by atoms with van der Waals surface area (Å²) < 4.78 is 0. The van der Waals surface area contributed by atoms with E-state index in [1.54, 1.807) is 6.92 Å². The number of ketones is 1. The molecule has 132 valence electrons. The molecule has 0 atom stereocenters. The van der Waals surface area contributed by atoms with E-state index < -0.39 is 0 Å². The highest BCUT2D eigenvalue weighted by atomic mass is 16.2. The van der Waals surface area contributed by atoms with E-state index >= 15 is 0 Å². The zero-order valence-electron chi connectivity index (χ0n) is 15.4. The van der Waals surface area contributed by atoms with Crippen molar-refractivity contribution >= 4 is 11.7 Å². The number of nitrogens with zero attached hydrogens (tertiary/aromatic N) is 2. The highest BCUT2D eigenvalue weighted by molar-refractivity contribution is 5.79. The molecule has 0 bridgehead atoms. The fourth-order valence-electron chi connectivity index (χ4n) is 4.51. The minimum atomic E-state index is 0.325. The van der Waals surface area contributed by atoms with Crippen LogP contribution in [0.3, 0.4) is 0 Å². The molecule has 1 spiro atoms. The summed E-state index contributed by atoms with van der Waals surface area (Å²) in [6, 6.07) is 0.710. The first-order valence-corrected chi connectivity index (χ1v) is 9.55. The average Bonchev–Trinajstić information content (AvgIpc) is 2.47. The van der Waals surface area contributed by atoms with E-state index in [-0.39, 0.29) is 0 Å². The van der Waals surface area contributed by atoms with E-state index in [9.17, 15) is 9.59 Å². The van der Waals surface area contributed by atoms with Crippen LogP contribution < -0.4 is 0 Å². The van der Waals surface area contributed by atoms with Crippen LogP contribution in [0, 0.1) is 11.3 Å². The molecule has 1 saturated heterocycles. The van der Waals surface area contributed by atoms with E-state index in [0.29, 0.717) is 35.5 Å². The van der Waals surface area contributed by atoms with Crippen LogP contribution in [-0.4, -0.2) is 53.7 Å². The standard InChI is InChI=1S/C17H28N2O2.C2H6/c1-3-4-16(21)19-7-5-18(6-8-19)15-11-17(12-15)9-14(10-17)13(2)20;1-2/h14-15H,3-12H2,1-2H3;1-2H3. The summed E-state index contributed by atoms with van der Waals surface area (Å²) in [5.74, 6) is 1.06. The topological polar surface area (TPSA) is 40.6 Å². The van der Waals surface area contributed by atoms with Gasteiger partial charge in [-0.2, -0.15) is 0 Å². The minimum absolute atomic E-state index is 0.325. The summed E-state index contributed by atoms with van der Waals surface area (Å²) in [6.07, 6.45) is 6.46. The van der Waals surface area contributed by atoms with Gasteiger partial charge in [0.25, 0.3) is 0 Å². The molecule has 1 amide bonds. The van der Waals surface area contributed by atoms with Gasteiger partial charge in [0.2, 0.25) is 5.91 Å². The van der Waals surface area contributed by atoms with E-state index in [4.69, 9.17) is 0 Å². The Hall–Kier alpha value is -0.900. The molecule has 4 nitrogen and oxygen atoms in total. The molecular weight excluding hydrogens is 288 g/mol. The predicted octanol–water partition coefficient (Wildman–Crippen LogP) is 3.10. The molecule has 0 N–H and O–H groups in total. The summed E-state index contributed by atoms with van der Waals surface area (Å²) in [4.78, 5) is 27.8. The van der Waals surface area contributed by atoms with Crippen molar-refractivity contribution in [2.24, 2.45) is 11.3 Å². The van der Waals surface area contributed by atoms with Crippen LogP contribution in [0.4, 0.5) is 0 Å². The third-order valence-electron chi connectivity index (χ3n) is 5.92. The molecule has 3 fully saturated rings. The maximum absolute atomic E-state index is 11.9. The van der Waals surface area contributed by atoms with Gasteiger partial charge in [-0.3, -0.25) is 14.5 Å². The number of amides is 1. The summed E-state index contributed by atoms with van der Waals surface area (Å²) in [5, 5.41) is 0. The molecule has 3 rings (SSSR count). The second-order valence-electron chi connectivity index (χ2n) is 7.44. The third kappa shape index (κ3) is 3.96. The first-order valence-electron chi connectivity index (χ1n) is 9.55. The van der Waals surface area contributed by atoms with Crippen molar-refractivity contribution in [3.63, 3.8) is 0 Å².